The van der Waals surface area contributed by atoms with E-state index >= 15 is 0 Å². The monoisotopic (exact) mass is 906 g/mol. The Morgan fingerprint density at radius 1 is 0.787 bits per heavy atom. The molecule has 18 nitrogen and oxygen atoms in total. The van der Waals surface area contributed by atoms with E-state index in [1.54, 1.807) is 6.92 Å². The maximum Gasteiger partial charge on any atom is 1.00 e. The molecule has 0 unspecified atom stereocenters. The van der Waals surface area contributed by atoms with Gasteiger partial charge in [-0.25, -0.2) is 8.42 Å². The van der Waals surface area contributed by atoms with Gasteiger partial charge in [0, 0.05) is 26.1 Å². The van der Waals surface area contributed by atoms with Crippen LogP contribution in [0, 0.1) is 46.3 Å². The Balaban J connectivity index is 0.00000704. The van der Waals surface area contributed by atoms with Crippen LogP contribution in [0.4, 0.5) is 0 Å². The molecule has 2 aliphatic heterocycles. The van der Waals surface area contributed by atoms with E-state index in [9.17, 15) is 53.8 Å². The second kappa shape index (κ2) is 19.5. The van der Waals surface area contributed by atoms with Gasteiger partial charge in [-0.05, 0) is 93.3 Å². The van der Waals surface area contributed by atoms with Gasteiger partial charge in [-0.2, -0.15) is 0 Å². The Morgan fingerprint density at radius 2 is 1.41 bits per heavy atom. The van der Waals surface area contributed by atoms with Crippen LogP contribution >= 0.6 is 0 Å². The van der Waals surface area contributed by atoms with Gasteiger partial charge in [-0.15, -0.1) is 0 Å². The molecular weight excluding hydrogens is 835 g/mol. The van der Waals surface area contributed by atoms with E-state index in [-0.39, 0.29) is 47.3 Å². The minimum atomic E-state index is -5.19. The summed E-state index contributed by atoms with van der Waals surface area (Å²) in [6.45, 7) is 12.8. The number of aliphatic hydroxyl groups excluding tert-OH is 7. The minimum absolute atomic E-state index is 0. The van der Waals surface area contributed by atoms with E-state index in [2.05, 4.69) is 11.1 Å². The zero-order valence-electron chi connectivity index (χ0n) is 37.2. The van der Waals surface area contributed by atoms with Gasteiger partial charge in [0.2, 0.25) is 10.4 Å². The largest absolute Gasteiger partial charge is 1.00 e. The van der Waals surface area contributed by atoms with Crippen LogP contribution in [0.25, 0.3) is 0 Å². The number of fused-ring (bicyclic) bond motifs is 5. The van der Waals surface area contributed by atoms with Crippen molar-refractivity contribution >= 4 is 10.4 Å². The Labute approximate surface area is 382 Å². The Kier molecular flexibility index (Phi) is 16.7. The van der Waals surface area contributed by atoms with Gasteiger partial charge in [0.15, 0.2) is 12.6 Å². The first kappa shape index (κ1) is 52.3. The topological polar surface area (TPSA) is 284 Å². The number of methoxy groups -OCH3 is 2. The molecule has 61 heavy (non-hydrogen) atoms. The smallest absolute Gasteiger partial charge is 0.726 e. The Bertz CT molecular complexity index is 1580. The number of hydrogen-bond acceptors (Lipinski definition) is 18. The van der Waals surface area contributed by atoms with Crippen LogP contribution in [0.3, 0.4) is 0 Å². The fourth-order valence-corrected chi connectivity index (χ4v) is 13.7. The van der Waals surface area contributed by atoms with Crippen molar-refractivity contribution in [2.24, 2.45) is 46.3 Å². The summed E-state index contributed by atoms with van der Waals surface area (Å²) in [6, 6.07) is 0. The minimum Gasteiger partial charge on any atom is -0.726 e. The predicted molar refractivity (Wildman–Crippen MR) is 208 cm³/mol. The molecule has 0 spiro atoms. The number of rotatable bonds is 14. The Morgan fingerprint density at radius 3 is 2.00 bits per heavy atom. The predicted octanol–water partition coefficient (Wildman–Crippen LogP) is -3.06. The summed E-state index contributed by atoms with van der Waals surface area (Å²) in [6.07, 6.45) is -15.8. The van der Waals surface area contributed by atoms with Gasteiger partial charge in [-0.1, -0.05) is 34.6 Å². The van der Waals surface area contributed by atoms with Crippen molar-refractivity contribution in [1.29, 1.82) is 0 Å². The molecule has 2 saturated heterocycles. The third kappa shape index (κ3) is 9.32. The molecule has 0 radical (unpaired) electrons. The van der Waals surface area contributed by atoms with Crippen molar-refractivity contribution in [3.8, 4) is 0 Å². The van der Waals surface area contributed by atoms with Gasteiger partial charge in [0.25, 0.3) is 0 Å². The summed E-state index contributed by atoms with van der Waals surface area (Å²) in [5.74, 6) is -2.43. The van der Waals surface area contributed by atoms with E-state index in [1.807, 2.05) is 27.7 Å². The molecule has 0 bridgehead atoms. The molecule has 4 saturated carbocycles. The maximum atomic E-state index is 12.7. The molecule has 20 heteroatoms. The van der Waals surface area contributed by atoms with E-state index in [1.165, 1.54) is 21.1 Å². The summed E-state index contributed by atoms with van der Waals surface area (Å²) in [5.41, 5.74) is -3.28. The van der Waals surface area contributed by atoms with E-state index in [4.69, 9.17) is 28.4 Å². The molecule has 8 N–H and O–H groups in total. The van der Waals surface area contributed by atoms with Crippen LogP contribution in [-0.4, -0.2) is 172 Å². The summed E-state index contributed by atoms with van der Waals surface area (Å²) >= 11 is 0. The molecule has 0 amide bonds. The molecule has 4 aliphatic carbocycles. The molecule has 0 aromatic carbocycles. The maximum absolute atomic E-state index is 12.7. The fraction of sp³-hybridized carbons (Fsp3) is 1.00. The molecule has 350 valence electrons. The summed E-state index contributed by atoms with van der Waals surface area (Å²) in [4.78, 5) is 0. The summed E-state index contributed by atoms with van der Waals surface area (Å²) in [5, 5.41) is 91.9. The van der Waals surface area contributed by atoms with Crippen molar-refractivity contribution < 1.29 is 116 Å². The normalized spacial score (nSPS) is 50.3. The van der Waals surface area contributed by atoms with Crippen LogP contribution in [0.15, 0.2) is 0 Å². The quantitative estimate of drug-likeness (QED) is 0.0488. The third-order valence-electron chi connectivity index (χ3n) is 16.1. The fourth-order valence-electron chi connectivity index (χ4n) is 13.2. The van der Waals surface area contributed by atoms with Gasteiger partial charge in [-0.3, -0.25) is 4.18 Å². The Hall–Kier alpha value is 0.310. The SMILES string of the molecule is CO[C@H]1[C@H](O[C@H]2[C@H](O[C@@H](CC[C@@H](C)[C@H]3C[C@@H](O)[C@@H]4[C@]3(C)CC[C@@H]3[C@@]5(C)CC[C@H](O)[C@H](O)[C@@H]5[C@@H](O)[C@@H](O)[C@]34O)C(C)C)O[C@@H]([C@@H](C)OS(=O)(=O)[O-])[C@@H]2O)O[C@H](C)[C@@H](OC)[C@@H]1O.[Na+]. The first-order valence-electron chi connectivity index (χ1n) is 21.7. The summed E-state index contributed by atoms with van der Waals surface area (Å²) < 4.78 is 75.1. The molecular formula is C41H71NaO18S. The van der Waals surface area contributed by atoms with Crippen molar-refractivity contribution in [3.63, 3.8) is 0 Å². The molecule has 2 heterocycles. The standard InChI is InChI=1S/C41H72O18S.Na/c1-17(2)24(56-38-34(30(47)32(57-38)20(5)59-60(50,51)52)58-37-33(54-9)29(46)31(53-8)19(4)55-37)11-10-18(3)21-16-23(43)35-39(21,6)15-13-25-40(7)14-12-22(42)27(44)26(40)28(45)36(48)41(25,35)49;/h17-38,42-49H,10-16H2,1-9H3,(H,50,51,52);/q;+1/p-1/t18-,19-,20-,21-,22+,23-,24+,25-,26-,27+,28-,29+,30+,31-,32+,33-,34-,35-,36-,37+,38-,39-,40-,41+;/m1./s1. The van der Waals surface area contributed by atoms with Gasteiger partial charge in [0.05, 0.1) is 36.6 Å². The van der Waals surface area contributed by atoms with Crippen molar-refractivity contribution in [1.82, 2.24) is 0 Å². The van der Waals surface area contributed by atoms with E-state index in [0.29, 0.717) is 44.9 Å². The zero-order valence-corrected chi connectivity index (χ0v) is 40.0. The number of ether oxygens (including phenoxy) is 6. The average Bonchev–Trinajstić information content (AvgIpc) is 3.61. The first-order chi connectivity index (χ1) is 27.9. The van der Waals surface area contributed by atoms with Crippen molar-refractivity contribution in [2.75, 3.05) is 14.2 Å². The van der Waals surface area contributed by atoms with Gasteiger partial charge in [0.1, 0.15) is 54.4 Å². The van der Waals surface area contributed by atoms with Crippen LogP contribution in [0.5, 0.6) is 0 Å². The van der Waals surface area contributed by atoms with Gasteiger partial charge < -0.3 is 73.8 Å². The molecule has 0 aromatic heterocycles. The van der Waals surface area contributed by atoms with Crippen molar-refractivity contribution in [2.45, 2.75) is 197 Å². The molecule has 6 aliphatic rings. The summed E-state index contributed by atoms with van der Waals surface area (Å²) in [7, 11) is -2.42. The molecule has 0 aromatic rings. The second-order valence-corrected chi connectivity index (χ2v) is 20.8. The second-order valence-electron chi connectivity index (χ2n) is 19.8. The number of hydrogen-bond donors (Lipinski definition) is 8. The first-order valence-corrected chi connectivity index (χ1v) is 23.0. The zero-order chi connectivity index (χ0) is 44.6. The van der Waals surface area contributed by atoms with E-state index < -0.39 is 143 Å². The van der Waals surface area contributed by atoms with Gasteiger partial charge >= 0.3 is 29.6 Å². The van der Waals surface area contributed by atoms with Crippen LogP contribution in [-0.2, 0) is 43.0 Å². The van der Waals surface area contributed by atoms with Crippen LogP contribution < -0.4 is 29.6 Å². The molecule has 6 rings (SSSR count). The van der Waals surface area contributed by atoms with Crippen molar-refractivity contribution in [3.05, 3.63) is 0 Å². The average molecular weight is 907 g/mol. The van der Waals surface area contributed by atoms with Crippen LogP contribution in [0.1, 0.15) is 93.4 Å². The molecule has 6 fully saturated rings. The molecule has 24 atom stereocenters. The van der Waals surface area contributed by atoms with Crippen LogP contribution in [0.2, 0.25) is 0 Å². The number of aliphatic hydroxyl groups is 8. The third-order valence-corrected chi connectivity index (χ3v) is 16.7. The van der Waals surface area contributed by atoms with E-state index in [0.717, 1.165) is 0 Å².